The van der Waals surface area contributed by atoms with Crippen LogP contribution in [0.3, 0.4) is 0 Å². The molecule has 5 aromatic rings. The van der Waals surface area contributed by atoms with Gasteiger partial charge in [0.2, 0.25) is 0 Å². The number of aromatic amines is 2. The normalized spacial score (nSPS) is 15.3. The van der Waals surface area contributed by atoms with Gasteiger partial charge in [-0.2, -0.15) is 0 Å². The van der Waals surface area contributed by atoms with E-state index in [0.29, 0.717) is 22.0 Å². The number of aryl methyl sites for hydroxylation is 1. The van der Waals surface area contributed by atoms with Crippen LogP contribution in [-0.4, -0.2) is 58.5 Å². The summed E-state index contributed by atoms with van der Waals surface area (Å²) in [6.45, 7) is 3.90. The second-order valence-corrected chi connectivity index (χ2v) is 8.93. The number of nitrogens with zero attached hydrogens (tertiary/aromatic N) is 7. The number of hydrogen-bond acceptors (Lipinski definition) is 8. The number of aromatic nitrogens is 8. The Morgan fingerprint density at radius 3 is 2.18 bits per heavy atom. The van der Waals surface area contributed by atoms with E-state index in [1.165, 1.54) is 23.8 Å². The summed E-state index contributed by atoms with van der Waals surface area (Å²) < 4.78 is 0. The number of anilines is 1. The number of piperidine rings is 1. The third-order valence-electron chi connectivity index (χ3n) is 6.12. The lowest BCUT2D eigenvalue weighted by Crippen LogP contribution is -2.52. The summed E-state index contributed by atoms with van der Waals surface area (Å²) in [5, 5.41) is 0.405. The van der Waals surface area contributed by atoms with Gasteiger partial charge >= 0.3 is 0 Å². The van der Waals surface area contributed by atoms with E-state index in [-0.39, 0.29) is 5.54 Å². The molecule has 0 radical (unpaired) electrons. The van der Waals surface area contributed by atoms with Crippen LogP contribution in [0.25, 0.3) is 22.3 Å². The minimum absolute atomic E-state index is 0.147. The summed E-state index contributed by atoms with van der Waals surface area (Å²) in [6, 6.07) is 8.69. The molecule has 34 heavy (non-hydrogen) atoms. The van der Waals surface area contributed by atoms with Gasteiger partial charge in [-0.3, -0.25) is 0 Å². The summed E-state index contributed by atoms with van der Waals surface area (Å²) >= 11 is 5.68. The topological polar surface area (TPSA) is 138 Å². The molecule has 4 N–H and O–H groups in total. The zero-order chi connectivity index (χ0) is 23.5. The monoisotopic (exact) mass is 476 g/mol. The number of fused-ring (bicyclic) bond motifs is 2. The maximum absolute atomic E-state index is 6.68. The fourth-order valence-electron chi connectivity index (χ4n) is 4.18. The summed E-state index contributed by atoms with van der Waals surface area (Å²) in [4.78, 5) is 32.6. The van der Waals surface area contributed by atoms with Gasteiger partial charge in [0, 0.05) is 18.6 Å². The zero-order valence-electron chi connectivity index (χ0n) is 18.7. The first-order valence-corrected chi connectivity index (χ1v) is 11.4. The van der Waals surface area contributed by atoms with Crippen molar-refractivity contribution in [3.8, 4) is 0 Å². The van der Waals surface area contributed by atoms with Gasteiger partial charge < -0.3 is 20.6 Å². The Morgan fingerprint density at radius 2 is 1.50 bits per heavy atom. The number of nitrogens with two attached hydrogens (primary N) is 1. The fourth-order valence-corrected chi connectivity index (χ4v) is 4.36. The average molecular weight is 477 g/mol. The lowest BCUT2D eigenvalue weighted by atomic mass is 9.82. The minimum atomic E-state index is -0.147. The van der Waals surface area contributed by atoms with Crippen molar-refractivity contribution in [2.24, 2.45) is 5.73 Å². The van der Waals surface area contributed by atoms with Crippen LogP contribution < -0.4 is 10.6 Å². The molecular formula is C23H25ClN10. The molecule has 1 aliphatic rings. The molecule has 0 aliphatic carbocycles. The molecule has 0 saturated carbocycles. The highest BCUT2D eigenvalue weighted by Gasteiger charge is 2.32. The average Bonchev–Trinajstić information content (AvgIpc) is 3.52. The highest BCUT2D eigenvalue weighted by molar-refractivity contribution is 6.33. The quantitative estimate of drug-likeness (QED) is 0.337. The van der Waals surface area contributed by atoms with Crippen LogP contribution in [0.4, 0.5) is 5.82 Å². The second kappa shape index (κ2) is 9.32. The van der Waals surface area contributed by atoms with Crippen molar-refractivity contribution in [2.75, 3.05) is 18.0 Å². The Balaban J connectivity index is 0.000000200. The van der Waals surface area contributed by atoms with Crippen LogP contribution in [0.5, 0.6) is 0 Å². The highest BCUT2D eigenvalue weighted by Crippen LogP contribution is 2.29. The number of benzene rings is 1. The molecule has 6 rings (SSSR count). The molecule has 0 unspecified atom stereocenters. The van der Waals surface area contributed by atoms with Crippen molar-refractivity contribution < 1.29 is 0 Å². The Kier molecular flexibility index (Phi) is 6.08. The summed E-state index contributed by atoms with van der Waals surface area (Å²) in [5.41, 5.74) is 12.0. The molecule has 0 amide bonds. The lowest BCUT2D eigenvalue weighted by Gasteiger charge is -2.40. The van der Waals surface area contributed by atoms with Crippen LogP contribution in [0.15, 0.2) is 49.6 Å². The van der Waals surface area contributed by atoms with E-state index >= 15 is 0 Å². The van der Waals surface area contributed by atoms with Crippen molar-refractivity contribution in [3.63, 3.8) is 0 Å². The third kappa shape index (κ3) is 4.68. The number of H-pyrrole nitrogens is 2. The van der Waals surface area contributed by atoms with Crippen molar-refractivity contribution >= 4 is 39.7 Å². The van der Waals surface area contributed by atoms with Gasteiger partial charge in [0.05, 0.1) is 12.7 Å². The van der Waals surface area contributed by atoms with Crippen LogP contribution in [0.2, 0.25) is 5.15 Å². The van der Waals surface area contributed by atoms with E-state index in [1.807, 2.05) is 0 Å². The molecule has 10 nitrogen and oxygen atoms in total. The van der Waals surface area contributed by atoms with Crippen LogP contribution >= 0.6 is 11.6 Å². The van der Waals surface area contributed by atoms with E-state index < -0.39 is 0 Å². The summed E-state index contributed by atoms with van der Waals surface area (Å²) in [5.74, 6) is 0.926. The summed E-state index contributed by atoms with van der Waals surface area (Å²) in [7, 11) is 0. The van der Waals surface area contributed by atoms with Gasteiger partial charge in [-0.1, -0.05) is 41.4 Å². The van der Waals surface area contributed by atoms with E-state index in [0.717, 1.165) is 43.7 Å². The van der Waals surface area contributed by atoms with Gasteiger partial charge in [0.1, 0.15) is 23.7 Å². The molecule has 0 bridgehead atoms. The van der Waals surface area contributed by atoms with Crippen molar-refractivity contribution in [1.29, 1.82) is 0 Å². The Hall–Kier alpha value is -3.63. The van der Waals surface area contributed by atoms with Gasteiger partial charge in [-0.15, -0.1) is 0 Å². The molecule has 0 spiro atoms. The lowest BCUT2D eigenvalue weighted by molar-refractivity contribution is 0.330. The molecule has 4 aromatic heterocycles. The van der Waals surface area contributed by atoms with E-state index in [1.54, 1.807) is 12.7 Å². The van der Waals surface area contributed by atoms with Gasteiger partial charge in [0.15, 0.2) is 22.3 Å². The first kappa shape index (κ1) is 22.2. The molecule has 1 saturated heterocycles. The van der Waals surface area contributed by atoms with Crippen LogP contribution in [0, 0.1) is 6.92 Å². The molecule has 1 aromatic carbocycles. The van der Waals surface area contributed by atoms with Crippen LogP contribution in [-0.2, 0) is 6.42 Å². The van der Waals surface area contributed by atoms with Gasteiger partial charge in [0.25, 0.3) is 0 Å². The molecule has 174 valence electrons. The molecule has 11 heteroatoms. The standard InChI is InChI=1S/C18H22N6.C5H3ClN4/c1-13-2-4-14(5-3-13)10-18(19)6-8-24(9-7-18)17-15-16(21-11-20-15)22-12-23-17;6-4-3-5(9-1-7-3)10-2-8-4/h2-5,11-12H,6-10,19H2,1H3,(H,20,21,22,23);1-2H,(H,7,8,9,10). The minimum Gasteiger partial charge on any atom is -0.355 e. The predicted molar refractivity (Wildman–Crippen MR) is 132 cm³/mol. The number of rotatable bonds is 3. The Labute approximate surface area is 201 Å². The zero-order valence-corrected chi connectivity index (χ0v) is 19.5. The number of halogens is 1. The smallest absolute Gasteiger partial charge is 0.182 e. The highest BCUT2D eigenvalue weighted by atomic mass is 35.5. The number of nitrogens with one attached hydrogen (secondary N) is 2. The maximum Gasteiger partial charge on any atom is 0.182 e. The number of imidazole rings is 2. The third-order valence-corrected chi connectivity index (χ3v) is 6.40. The van der Waals surface area contributed by atoms with E-state index in [9.17, 15) is 0 Å². The SMILES string of the molecule is Cc1ccc(CC2(N)CCN(c3ncnc4nc[nH]c34)CC2)cc1.Clc1ncnc2nc[nH]c12. The largest absolute Gasteiger partial charge is 0.355 e. The Morgan fingerprint density at radius 1 is 0.882 bits per heavy atom. The van der Waals surface area contributed by atoms with E-state index in [2.05, 4.69) is 76.0 Å². The summed E-state index contributed by atoms with van der Waals surface area (Å²) in [6.07, 6.45) is 8.97. The van der Waals surface area contributed by atoms with Crippen LogP contribution in [0.1, 0.15) is 24.0 Å². The molecule has 1 fully saturated rings. The first-order chi connectivity index (χ1) is 16.5. The molecule has 1 aliphatic heterocycles. The van der Waals surface area contributed by atoms with Crippen molar-refractivity contribution in [2.45, 2.75) is 31.7 Å². The van der Waals surface area contributed by atoms with Crippen molar-refractivity contribution in [1.82, 2.24) is 39.9 Å². The predicted octanol–water partition coefficient (Wildman–Crippen LogP) is 3.21. The first-order valence-electron chi connectivity index (χ1n) is 11.0. The fraction of sp³-hybridized carbons (Fsp3) is 0.304. The molecular weight excluding hydrogens is 452 g/mol. The van der Waals surface area contributed by atoms with Crippen molar-refractivity contribution in [3.05, 3.63) is 65.9 Å². The van der Waals surface area contributed by atoms with Gasteiger partial charge in [-0.25, -0.2) is 29.9 Å². The maximum atomic E-state index is 6.68. The van der Waals surface area contributed by atoms with Gasteiger partial charge in [-0.05, 0) is 31.7 Å². The number of hydrogen-bond donors (Lipinski definition) is 3. The molecule has 0 atom stereocenters. The molecule has 5 heterocycles. The second-order valence-electron chi connectivity index (χ2n) is 8.58. The van der Waals surface area contributed by atoms with E-state index in [4.69, 9.17) is 17.3 Å². The Bertz CT molecular complexity index is 1390.